The van der Waals surface area contributed by atoms with Gasteiger partial charge in [0.05, 0.1) is 17.9 Å². The Morgan fingerprint density at radius 2 is 1.79 bits per heavy atom. The third-order valence-electron chi connectivity index (χ3n) is 9.42. The van der Waals surface area contributed by atoms with E-state index >= 15 is 0 Å². The van der Waals surface area contributed by atoms with Crippen molar-refractivity contribution in [2.75, 3.05) is 37.6 Å². The highest BCUT2D eigenvalue weighted by Gasteiger charge is 2.43. The number of fused-ring (bicyclic) bond motifs is 2. The van der Waals surface area contributed by atoms with E-state index in [4.69, 9.17) is 9.72 Å². The summed E-state index contributed by atoms with van der Waals surface area (Å²) in [7, 11) is 0. The number of amides is 3. The van der Waals surface area contributed by atoms with E-state index in [1.807, 2.05) is 65.8 Å². The number of anilines is 1. The highest BCUT2D eigenvalue weighted by molar-refractivity contribution is 5.98. The molecule has 3 atom stereocenters. The van der Waals surface area contributed by atoms with Crippen molar-refractivity contribution in [1.82, 2.24) is 19.7 Å². The summed E-state index contributed by atoms with van der Waals surface area (Å²) in [4.78, 5) is 52.9. The molecule has 1 unspecified atom stereocenters. The first-order valence-electron chi connectivity index (χ1n) is 16.5. The first kappa shape index (κ1) is 33.5. The molecule has 1 aromatic heterocycles. The molecule has 0 radical (unpaired) electrons. The number of benzene rings is 2. The summed E-state index contributed by atoms with van der Waals surface area (Å²) in [6.07, 6.45) is 0.147. The van der Waals surface area contributed by atoms with Gasteiger partial charge in [-0.3, -0.25) is 19.5 Å². The van der Waals surface area contributed by atoms with Gasteiger partial charge in [0.15, 0.2) is 0 Å². The van der Waals surface area contributed by atoms with Crippen LogP contribution in [0.2, 0.25) is 0 Å². The van der Waals surface area contributed by atoms with Crippen molar-refractivity contribution in [3.63, 3.8) is 0 Å². The molecule has 10 nitrogen and oxygen atoms in total. The number of ether oxygens (including phenoxy) is 1. The molecule has 1 fully saturated rings. The molecule has 0 aliphatic carbocycles. The molecule has 3 amide bonds. The molecule has 1 N–H and O–H groups in total. The van der Waals surface area contributed by atoms with Crippen LogP contribution in [0, 0.1) is 5.82 Å². The largest absolute Gasteiger partial charge is 0.444 e. The Hall–Kier alpha value is -4.35. The lowest BCUT2D eigenvalue weighted by atomic mass is 9.90. The summed E-state index contributed by atoms with van der Waals surface area (Å²) in [5, 5.41) is 11.1. The van der Waals surface area contributed by atoms with E-state index < -0.39 is 29.0 Å². The Morgan fingerprint density at radius 1 is 1.08 bits per heavy atom. The standard InChI is InChI=1S/C37H44FN5O5/c1-23-17-40(28(20-42(23)35(47)48-36(2,3)4)19-41-18-25-9-7-8-10-29(25)34(41)46)21-31(44)43-22-37(5,6)33-30(43)15-26(16-39-33)32(45)24-11-13-27(38)14-12-24/h7-16,23,28,32,45H,17-22H2,1-6H3/t23-,28+,32?/m1/s1. The van der Waals surface area contributed by atoms with Crippen molar-refractivity contribution in [2.24, 2.45) is 0 Å². The number of carbonyl (C=O) groups excluding carboxylic acids is 3. The van der Waals surface area contributed by atoms with Crippen molar-refractivity contribution >= 4 is 23.6 Å². The molecule has 2 aromatic carbocycles. The number of hydrogen-bond donors (Lipinski definition) is 1. The zero-order valence-electron chi connectivity index (χ0n) is 28.4. The van der Waals surface area contributed by atoms with Crippen LogP contribution >= 0.6 is 0 Å². The fraction of sp³-hybridized carbons (Fsp3) is 0.459. The van der Waals surface area contributed by atoms with Gasteiger partial charge in [-0.1, -0.05) is 44.2 Å². The van der Waals surface area contributed by atoms with Gasteiger partial charge < -0.3 is 24.5 Å². The van der Waals surface area contributed by atoms with Crippen molar-refractivity contribution in [3.8, 4) is 0 Å². The molecule has 254 valence electrons. The van der Waals surface area contributed by atoms with E-state index in [9.17, 15) is 23.9 Å². The number of nitrogens with zero attached hydrogens (tertiary/aromatic N) is 5. The Kier molecular flexibility index (Phi) is 8.80. The van der Waals surface area contributed by atoms with Gasteiger partial charge in [0.2, 0.25) is 5.91 Å². The van der Waals surface area contributed by atoms with E-state index in [1.165, 1.54) is 24.3 Å². The lowest BCUT2D eigenvalue weighted by molar-refractivity contribution is -0.121. The maximum Gasteiger partial charge on any atom is 0.410 e. The van der Waals surface area contributed by atoms with E-state index in [2.05, 4.69) is 4.90 Å². The van der Waals surface area contributed by atoms with Crippen LogP contribution in [0.1, 0.15) is 80.4 Å². The first-order chi connectivity index (χ1) is 22.6. The fourth-order valence-corrected chi connectivity index (χ4v) is 6.99. The number of piperazine rings is 1. The Bertz CT molecular complexity index is 1720. The van der Waals surface area contributed by atoms with Gasteiger partial charge >= 0.3 is 6.09 Å². The van der Waals surface area contributed by atoms with Crippen LogP contribution in [0.25, 0.3) is 0 Å². The molecule has 0 saturated carbocycles. The summed E-state index contributed by atoms with van der Waals surface area (Å²) in [6, 6.07) is 14.4. The molecule has 0 bridgehead atoms. The van der Waals surface area contributed by atoms with Crippen molar-refractivity contribution in [3.05, 3.63) is 94.6 Å². The molecule has 48 heavy (non-hydrogen) atoms. The van der Waals surface area contributed by atoms with Crippen LogP contribution in [0.3, 0.4) is 0 Å². The van der Waals surface area contributed by atoms with E-state index in [0.717, 1.165) is 11.3 Å². The van der Waals surface area contributed by atoms with Gasteiger partial charge in [-0.05, 0) is 63.1 Å². The second-order valence-electron chi connectivity index (χ2n) is 14.9. The van der Waals surface area contributed by atoms with E-state index in [0.29, 0.717) is 55.1 Å². The summed E-state index contributed by atoms with van der Waals surface area (Å²) in [5.74, 6) is -0.599. The van der Waals surface area contributed by atoms with Gasteiger partial charge in [-0.2, -0.15) is 0 Å². The van der Waals surface area contributed by atoms with E-state index in [1.54, 1.807) is 27.0 Å². The van der Waals surface area contributed by atoms with Gasteiger partial charge in [-0.15, -0.1) is 0 Å². The lowest BCUT2D eigenvalue weighted by Crippen LogP contribution is -2.63. The molecular formula is C37H44FN5O5. The average Bonchev–Trinajstić information content (AvgIpc) is 3.49. The van der Waals surface area contributed by atoms with Crippen LogP contribution in [-0.4, -0.2) is 93.1 Å². The summed E-state index contributed by atoms with van der Waals surface area (Å²) in [5.41, 5.74) is 2.94. The molecule has 3 aliphatic rings. The monoisotopic (exact) mass is 657 g/mol. The number of carbonyl (C=O) groups is 3. The minimum Gasteiger partial charge on any atom is -0.444 e. The van der Waals surface area contributed by atoms with Crippen LogP contribution in [0.15, 0.2) is 60.8 Å². The molecule has 4 heterocycles. The SMILES string of the molecule is C[C@@H]1CN(CC(=O)N2CC(C)(C)c3ncc(C(O)c4ccc(F)cc4)cc32)[C@@H](CN2Cc3ccccc3C2=O)CN1C(=O)OC(C)(C)C. The Morgan fingerprint density at radius 3 is 2.48 bits per heavy atom. The number of aliphatic hydroxyl groups excluding tert-OH is 1. The number of aliphatic hydroxyl groups is 1. The fourth-order valence-electron chi connectivity index (χ4n) is 6.99. The maximum atomic E-state index is 14.3. The molecule has 0 spiro atoms. The molecular weight excluding hydrogens is 613 g/mol. The molecule has 6 rings (SSSR count). The predicted octanol–water partition coefficient (Wildman–Crippen LogP) is 4.89. The molecule has 11 heteroatoms. The van der Waals surface area contributed by atoms with Crippen LogP contribution in [0.5, 0.6) is 0 Å². The van der Waals surface area contributed by atoms with Gasteiger partial charge in [0.1, 0.15) is 17.5 Å². The van der Waals surface area contributed by atoms with E-state index in [-0.39, 0.29) is 30.4 Å². The lowest BCUT2D eigenvalue weighted by Gasteiger charge is -2.46. The number of hydrogen-bond acceptors (Lipinski definition) is 7. The van der Waals surface area contributed by atoms with Crippen LogP contribution < -0.4 is 4.90 Å². The Labute approximate surface area is 281 Å². The molecule has 1 saturated heterocycles. The topological polar surface area (TPSA) is 107 Å². The number of rotatable bonds is 6. The van der Waals surface area contributed by atoms with Gasteiger partial charge in [-0.25, -0.2) is 9.18 Å². The van der Waals surface area contributed by atoms with Gasteiger partial charge in [0, 0.05) is 67.5 Å². The highest BCUT2D eigenvalue weighted by Crippen LogP contribution is 2.41. The van der Waals surface area contributed by atoms with Crippen LogP contribution in [0.4, 0.5) is 14.9 Å². The zero-order chi connectivity index (χ0) is 34.5. The van der Waals surface area contributed by atoms with Crippen molar-refractivity contribution in [2.45, 2.75) is 77.3 Å². The maximum absolute atomic E-state index is 14.3. The molecule has 3 aromatic rings. The second-order valence-corrected chi connectivity index (χ2v) is 14.9. The van der Waals surface area contributed by atoms with Crippen molar-refractivity contribution in [1.29, 1.82) is 0 Å². The molecule has 3 aliphatic heterocycles. The number of halogens is 1. The third kappa shape index (κ3) is 6.66. The normalized spacial score (nSPS) is 21.2. The highest BCUT2D eigenvalue weighted by atomic mass is 19.1. The third-order valence-corrected chi connectivity index (χ3v) is 9.42. The number of aromatic nitrogens is 1. The second kappa shape index (κ2) is 12.6. The predicted molar refractivity (Wildman–Crippen MR) is 179 cm³/mol. The number of pyridine rings is 1. The summed E-state index contributed by atoms with van der Waals surface area (Å²) >= 11 is 0. The minimum absolute atomic E-state index is 0.0619. The Balaban J connectivity index is 1.25. The summed E-state index contributed by atoms with van der Waals surface area (Å²) < 4.78 is 19.3. The average molecular weight is 658 g/mol. The zero-order valence-corrected chi connectivity index (χ0v) is 28.4. The minimum atomic E-state index is -1.04. The van der Waals surface area contributed by atoms with Gasteiger partial charge in [0.25, 0.3) is 5.91 Å². The smallest absolute Gasteiger partial charge is 0.410 e. The summed E-state index contributed by atoms with van der Waals surface area (Å²) in [6.45, 7) is 13.5. The van der Waals surface area contributed by atoms with Crippen molar-refractivity contribution < 1.29 is 28.6 Å². The quantitative estimate of drug-likeness (QED) is 0.403. The van der Waals surface area contributed by atoms with Crippen LogP contribution in [-0.2, 0) is 21.5 Å². The first-order valence-corrected chi connectivity index (χ1v) is 16.5.